The Bertz CT molecular complexity index is 1520. The van der Waals surface area contributed by atoms with Crippen LogP contribution in [0.2, 0.25) is 0 Å². The summed E-state index contributed by atoms with van der Waals surface area (Å²) < 4.78 is 34.4. The lowest BCUT2D eigenvalue weighted by Crippen LogP contribution is -2.57. The molecule has 0 radical (unpaired) electrons. The van der Waals surface area contributed by atoms with Gasteiger partial charge in [0, 0.05) is 49.9 Å². The highest BCUT2D eigenvalue weighted by molar-refractivity contribution is 7.89. The average molecular weight is 679 g/mol. The minimum absolute atomic E-state index is 0.197. The number of anilines is 1. The van der Waals surface area contributed by atoms with Gasteiger partial charge in [0.15, 0.2) is 0 Å². The number of hydrogen-bond acceptors (Lipinski definition) is 8. The van der Waals surface area contributed by atoms with Gasteiger partial charge in [-0.15, -0.1) is 0 Å². The van der Waals surface area contributed by atoms with E-state index in [-0.39, 0.29) is 28.9 Å². The topological polar surface area (TPSA) is 155 Å². The van der Waals surface area contributed by atoms with Crippen LogP contribution in [0.5, 0.6) is 0 Å². The molecule has 1 unspecified atom stereocenters. The predicted molar refractivity (Wildman–Crippen MR) is 189 cm³/mol. The van der Waals surface area contributed by atoms with Gasteiger partial charge in [0.05, 0.1) is 18.0 Å². The molecule has 0 spiro atoms. The molecule has 3 aromatic carbocycles. The summed E-state index contributed by atoms with van der Waals surface area (Å²) in [5.41, 5.74) is 8.09. The van der Waals surface area contributed by atoms with Crippen LogP contribution in [-0.2, 0) is 19.6 Å². The van der Waals surface area contributed by atoms with E-state index >= 15 is 0 Å². The van der Waals surface area contributed by atoms with Gasteiger partial charge in [0.2, 0.25) is 15.9 Å². The molecule has 0 saturated carbocycles. The monoisotopic (exact) mass is 678 g/mol. The Hall–Kier alpha value is -3.97. The number of carbonyl (C=O) groups excluding carboxylic acids is 2. The number of benzene rings is 3. The van der Waals surface area contributed by atoms with E-state index in [1.807, 2.05) is 67.6 Å². The Morgan fingerprint density at radius 1 is 0.938 bits per heavy atom. The van der Waals surface area contributed by atoms with Crippen LogP contribution in [0.25, 0.3) is 0 Å². The minimum atomic E-state index is -3.80. The second-order valence-corrected chi connectivity index (χ2v) is 14.5. The van der Waals surface area contributed by atoms with Crippen molar-refractivity contribution in [2.45, 2.75) is 68.6 Å². The first kappa shape index (κ1) is 36.9. The molecular formula is C36H50N6O5S. The fraction of sp³-hybridized carbons (Fsp3) is 0.444. The molecule has 1 aliphatic rings. The van der Waals surface area contributed by atoms with Gasteiger partial charge in [-0.05, 0) is 54.2 Å². The number of carbonyl (C=O) groups is 2. The lowest BCUT2D eigenvalue weighted by atomic mass is 9.84. The molecular weight excluding hydrogens is 629 g/mol. The van der Waals surface area contributed by atoms with Crippen LogP contribution >= 0.6 is 0 Å². The van der Waals surface area contributed by atoms with Crippen molar-refractivity contribution < 1.29 is 22.7 Å². The summed E-state index contributed by atoms with van der Waals surface area (Å²) in [7, 11) is -2.53. The summed E-state index contributed by atoms with van der Waals surface area (Å²) in [5, 5.41) is 12.9. The number of nitrogens with zero attached hydrogens (tertiary/aromatic N) is 1. The zero-order valence-corrected chi connectivity index (χ0v) is 29.1. The van der Waals surface area contributed by atoms with Crippen LogP contribution in [0.15, 0.2) is 89.8 Å². The summed E-state index contributed by atoms with van der Waals surface area (Å²) >= 11 is 0. The van der Waals surface area contributed by atoms with Gasteiger partial charge in [-0.3, -0.25) is 4.79 Å². The maximum Gasteiger partial charge on any atom is 0.407 e. The van der Waals surface area contributed by atoms with Crippen LogP contribution in [0.3, 0.4) is 0 Å². The van der Waals surface area contributed by atoms with Crippen LogP contribution in [-0.4, -0.2) is 82.2 Å². The van der Waals surface area contributed by atoms with Crippen LogP contribution in [0.4, 0.5) is 10.5 Å². The summed E-state index contributed by atoms with van der Waals surface area (Å²) in [6, 6.07) is 23.7. The van der Waals surface area contributed by atoms with Crippen molar-refractivity contribution in [3.05, 3.63) is 96.1 Å². The van der Waals surface area contributed by atoms with Gasteiger partial charge in [0.25, 0.3) is 0 Å². The molecule has 1 fully saturated rings. The number of nitrogen functional groups attached to an aromatic ring is 1. The number of rotatable bonds is 16. The van der Waals surface area contributed by atoms with Crippen molar-refractivity contribution in [3.63, 3.8) is 0 Å². The van der Waals surface area contributed by atoms with Gasteiger partial charge < -0.3 is 31.7 Å². The number of amides is 2. The van der Waals surface area contributed by atoms with Crippen LogP contribution in [0.1, 0.15) is 50.7 Å². The molecule has 2 amide bonds. The number of alkyl carbamates (subject to hydrolysis) is 1. The van der Waals surface area contributed by atoms with Crippen molar-refractivity contribution in [2.75, 3.05) is 39.0 Å². The summed E-state index contributed by atoms with van der Waals surface area (Å²) in [6.07, 6.45) is 0.613. The van der Waals surface area contributed by atoms with Gasteiger partial charge in [-0.2, -0.15) is 4.31 Å². The highest BCUT2D eigenvalue weighted by Crippen LogP contribution is 2.29. The predicted octanol–water partition coefficient (Wildman–Crippen LogP) is 3.69. The molecule has 0 bridgehead atoms. The molecule has 1 aliphatic heterocycles. The van der Waals surface area contributed by atoms with E-state index < -0.39 is 28.1 Å². The first-order valence-electron chi connectivity index (χ1n) is 16.6. The first-order chi connectivity index (χ1) is 23.0. The Kier molecular flexibility index (Phi) is 13.4. The summed E-state index contributed by atoms with van der Waals surface area (Å²) in [6.45, 7) is 7.98. The summed E-state index contributed by atoms with van der Waals surface area (Å²) in [5.74, 6) is -0.512. The van der Waals surface area contributed by atoms with E-state index in [4.69, 9.17) is 10.5 Å². The third kappa shape index (κ3) is 9.56. The third-order valence-corrected chi connectivity index (χ3v) is 10.8. The molecule has 12 heteroatoms. The van der Waals surface area contributed by atoms with Crippen LogP contribution in [0, 0.1) is 5.92 Å². The first-order valence-corrected chi connectivity index (χ1v) is 18.0. The second-order valence-electron chi connectivity index (χ2n) is 12.6. The maximum atomic E-state index is 14.1. The van der Waals surface area contributed by atoms with E-state index in [1.165, 1.54) is 7.11 Å². The third-order valence-electron chi connectivity index (χ3n) is 8.82. The number of sulfonamides is 1. The molecule has 260 valence electrons. The Balaban J connectivity index is 1.53. The van der Waals surface area contributed by atoms with E-state index in [0.717, 1.165) is 11.1 Å². The maximum absolute atomic E-state index is 14.1. The Morgan fingerprint density at radius 3 is 2.08 bits per heavy atom. The van der Waals surface area contributed by atoms with Gasteiger partial charge >= 0.3 is 6.09 Å². The molecule has 48 heavy (non-hydrogen) atoms. The van der Waals surface area contributed by atoms with E-state index in [2.05, 4.69) is 35.1 Å². The molecule has 0 aliphatic carbocycles. The zero-order valence-electron chi connectivity index (χ0n) is 28.3. The lowest BCUT2D eigenvalue weighted by Gasteiger charge is -2.33. The zero-order chi connectivity index (χ0) is 34.7. The molecule has 0 aromatic heterocycles. The number of methoxy groups -OCH3 is 1. The SMILES string of the molecule is CCC(CN[C@@H]1CNC[C@H]1N(CCC(C)C)S(=O)(=O)c1ccc(N)cc1)NC(=O)[C@@H](NC(=O)OC)C(c1ccccc1)c1ccccc1. The summed E-state index contributed by atoms with van der Waals surface area (Å²) in [4.78, 5) is 26.8. The number of hydrogen-bond donors (Lipinski definition) is 5. The van der Waals surface area contributed by atoms with Crippen molar-refractivity contribution >= 4 is 27.7 Å². The average Bonchev–Trinajstić information content (AvgIpc) is 3.55. The molecule has 1 heterocycles. The smallest absolute Gasteiger partial charge is 0.407 e. The minimum Gasteiger partial charge on any atom is -0.453 e. The molecule has 3 aromatic rings. The molecule has 6 N–H and O–H groups in total. The number of ether oxygens (including phenoxy) is 1. The van der Waals surface area contributed by atoms with Crippen molar-refractivity contribution in [2.24, 2.45) is 5.92 Å². The highest BCUT2D eigenvalue weighted by Gasteiger charge is 2.39. The standard InChI is InChI=1S/C36H50N6O5S/c1-5-29(40-35(43)34(41-36(44)47-4)33(26-12-8-6-9-13-26)27-14-10-7-11-15-27)22-39-31-23-38-24-32(31)42(21-20-25(2)3)48(45,46)30-18-16-28(37)17-19-30/h6-19,25,29,31-34,38-39H,5,20-24,37H2,1-4H3,(H,40,43)(H,41,44)/t29?,31-,32-,34+/m1/s1. The second kappa shape index (κ2) is 17.4. The van der Waals surface area contributed by atoms with E-state index in [1.54, 1.807) is 28.6 Å². The Labute approximate surface area is 285 Å². The molecule has 1 saturated heterocycles. The van der Waals surface area contributed by atoms with Gasteiger partial charge in [-0.1, -0.05) is 81.4 Å². The normalized spacial score (nSPS) is 17.7. The van der Waals surface area contributed by atoms with Gasteiger partial charge in [0.1, 0.15) is 6.04 Å². The van der Waals surface area contributed by atoms with Crippen LogP contribution < -0.4 is 27.0 Å². The van der Waals surface area contributed by atoms with Crippen molar-refractivity contribution in [1.82, 2.24) is 25.6 Å². The quantitative estimate of drug-likeness (QED) is 0.144. The fourth-order valence-corrected chi connectivity index (χ4v) is 7.74. The number of nitrogens with two attached hydrogens (primary N) is 1. The van der Waals surface area contributed by atoms with Crippen molar-refractivity contribution in [1.29, 1.82) is 0 Å². The van der Waals surface area contributed by atoms with E-state index in [9.17, 15) is 18.0 Å². The van der Waals surface area contributed by atoms with Crippen molar-refractivity contribution in [3.8, 4) is 0 Å². The Morgan fingerprint density at radius 2 is 1.54 bits per heavy atom. The lowest BCUT2D eigenvalue weighted by molar-refractivity contribution is -0.124. The largest absolute Gasteiger partial charge is 0.453 e. The van der Waals surface area contributed by atoms with Gasteiger partial charge in [-0.25, -0.2) is 13.2 Å². The number of nitrogens with one attached hydrogen (secondary N) is 4. The highest BCUT2D eigenvalue weighted by atomic mass is 32.2. The molecule has 4 atom stereocenters. The molecule has 11 nitrogen and oxygen atoms in total. The fourth-order valence-electron chi connectivity index (χ4n) is 6.07. The molecule has 4 rings (SSSR count). The van der Waals surface area contributed by atoms with E-state index in [0.29, 0.717) is 50.6 Å².